The van der Waals surface area contributed by atoms with Gasteiger partial charge in [0, 0.05) is 19.3 Å². The summed E-state index contributed by atoms with van der Waals surface area (Å²) in [5.74, 6) is -1.51. The molecule has 3 atom stereocenters. The molecule has 2 N–H and O–H groups in total. The Morgan fingerprint density at radius 2 is 0.883 bits per heavy atom. The number of hydrogen-bond acceptors (Lipinski definition) is 10. The topological polar surface area (TPSA) is 155 Å². The normalized spacial score (nSPS) is 14.0. The molecule has 348 valence electrons. The standard InChI is InChI=1S/C48H85O11P/c1-4-7-10-13-16-19-21-22-24-26-28-31-34-37-46(50)55-41-45(59-48(52)39-36-33-30-27-23-20-17-14-11-8-5-2)43-57-60(53,54)56-42-44(40-49)58-47(51)38-35-32-29-25-18-15-12-9-6-3/h7,10,14,16-17,19,22,24,44-45,49H,4-6,8-9,11-13,15,18,20-21,23,25-43H2,1-3H3,(H,53,54)/b10-7-,17-14-,19-16-,24-22-. The molecule has 0 aromatic carbocycles. The molecule has 0 heterocycles. The van der Waals surface area contributed by atoms with Crippen LogP contribution < -0.4 is 0 Å². The first-order valence-electron chi connectivity index (χ1n) is 23.5. The maximum absolute atomic E-state index is 12.8. The zero-order valence-corrected chi connectivity index (χ0v) is 38.8. The van der Waals surface area contributed by atoms with Gasteiger partial charge in [0.2, 0.25) is 0 Å². The minimum Gasteiger partial charge on any atom is -0.462 e. The Kier molecular flexibility index (Phi) is 41.3. The molecule has 0 aliphatic heterocycles. The van der Waals surface area contributed by atoms with Crippen LogP contribution in [-0.2, 0) is 42.2 Å². The number of aliphatic hydroxyl groups excluding tert-OH is 1. The van der Waals surface area contributed by atoms with Crippen LogP contribution >= 0.6 is 7.82 Å². The number of esters is 3. The Morgan fingerprint density at radius 3 is 1.42 bits per heavy atom. The summed E-state index contributed by atoms with van der Waals surface area (Å²) >= 11 is 0. The molecule has 0 radical (unpaired) electrons. The maximum atomic E-state index is 12.8. The lowest BCUT2D eigenvalue weighted by Crippen LogP contribution is -2.30. The molecule has 0 fully saturated rings. The van der Waals surface area contributed by atoms with Crippen molar-refractivity contribution in [1.29, 1.82) is 0 Å². The number of aliphatic hydroxyl groups is 1. The molecule has 3 unspecified atom stereocenters. The maximum Gasteiger partial charge on any atom is 0.472 e. The van der Waals surface area contributed by atoms with E-state index in [1.165, 1.54) is 44.9 Å². The van der Waals surface area contributed by atoms with Crippen molar-refractivity contribution in [2.45, 2.75) is 213 Å². The molecule has 60 heavy (non-hydrogen) atoms. The van der Waals surface area contributed by atoms with Crippen LogP contribution in [-0.4, -0.2) is 66.5 Å². The van der Waals surface area contributed by atoms with Crippen LogP contribution in [0.25, 0.3) is 0 Å². The molecule has 0 aromatic rings. The summed E-state index contributed by atoms with van der Waals surface area (Å²) in [5, 5.41) is 9.71. The predicted molar refractivity (Wildman–Crippen MR) is 242 cm³/mol. The molecular weight excluding hydrogens is 783 g/mol. The molecule has 0 bridgehead atoms. The Morgan fingerprint density at radius 1 is 0.483 bits per heavy atom. The van der Waals surface area contributed by atoms with Crippen LogP contribution in [0.15, 0.2) is 48.6 Å². The van der Waals surface area contributed by atoms with E-state index in [1.807, 2.05) is 0 Å². The molecule has 0 aliphatic carbocycles. The third-order valence-corrected chi connectivity index (χ3v) is 10.7. The van der Waals surface area contributed by atoms with Crippen molar-refractivity contribution >= 4 is 25.7 Å². The number of phosphoric ester groups is 1. The van der Waals surface area contributed by atoms with Gasteiger partial charge in [-0.05, 0) is 70.6 Å². The fraction of sp³-hybridized carbons (Fsp3) is 0.771. The molecule has 0 aliphatic rings. The molecule has 0 aromatic heterocycles. The lowest BCUT2D eigenvalue weighted by atomic mass is 10.1. The first kappa shape index (κ1) is 57.4. The van der Waals surface area contributed by atoms with Crippen LogP contribution in [0.1, 0.15) is 201 Å². The highest BCUT2D eigenvalue weighted by molar-refractivity contribution is 7.47. The Labute approximate surface area is 364 Å². The van der Waals surface area contributed by atoms with Crippen molar-refractivity contribution in [2.24, 2.45) is 0 Å². The largest absolute Gasteiger partial charge is 0.472 e. The number of phosphoric acid groups is 1. The van der Waals surface area contributed by atoms with Gasteiger partial charge in [0.05, 0.1) is 19.8 Å². The van der Waals surface area contributed by atoms with Crippen LogP contribution in [0.5, 0.6) is 0 Å². The Hall–Kier alpha value is -2.56. The van der Waals surface area contributed by atoms with Gasteiger partial charge >= 0.3 is 25.7 Å². The predicted octanol–water partition coefficient (Wildman–Crippen LogP) is 12.7. The van der Waals surface area contributed by atoms with Crippen molar-refractivity contribution in [1.82, 2.24) is 0 Å². The highest BCUT2D eigenvalue weighted by atomic mass is 31.2. The van der Waals surface area contributed by atoms with Gasteiger partial charge < -0.3 is 24.2 Å². The number of carbonyl (C=O) groups is 3. The highest BCUT2D eigenvalue weighted by Crippen LogP contribution is 2.43. The van der Waals surface area contributed by atoms with E-state index in [9.17, 15) is 28.9 Å². The summed E-state index contributed by atoms with van der Waals surface area (Å²) in [6, 6.07) is 0. The van der Waals surface area contributed by atoms with Crippen molar-refractivity contribution in [3.05, 3.63) is 48.6 Å². The zero-order chi connectivity index (χ0) is 44.2. The van der Waals surface area contributed by atoms with Gasteiger partial charge in [0.25, 0.3) is 0 Å². The van der Waals surface area contributed by atoms with Crippen LogP contribution in [0.4, 0.5) is 0 Å². The summed E-state index contributed by atoms with van der Waals surface area (Å²) < 4.78 is 39.1. The summed E-state index contributed by atoms with van der Waals surface area (Å²) in [4.78, 5) is 48.0. The minimum absolute atomic E-state index is 0.151. The number of unbranched alkanes of at least 4 members (excludes halogenated alkanes) is 18. The molecule has 0 spiro atoms. The van der Waals surface area contributed by atoms with Crippen molar-refractivity contribution in [3.63, 3.8) is 0 Å². The molecule has 12 heteroatoms. The van der Waals surface area contributed by atoms with Crippen LogP contribution in [0.3, 0.4) is 0 Å². The van der Waals surface area contributed by atoms with Gasteiger partial charge in [0.15, 0.2) is 6.10 Å². The zero-order valence-electron chi connectivity index (χ0n) is 37.9. The monoisotopic (exact) mass is 869 g/mol. The first-order chi connectivity index (χ1) is 29.2. The van der Waals surface area contributed by atoms with E-state index in [2.05, 4.69) is 69.4 Å². The van der Waals surface area contributed by atoms with E-state index in [4.69, 9.17) is 23.3 Å². The van der Waals surface area contributed by atoms with Gasteiger partial charge in [-0.1, -0.05) is 159 Å². The van der Waals surface area contributed by atoms with E-state index < -0.39 is 57.8 Å². The molecule has 0 amide bonds. The van der Waals surface area contributed by atoms with E-state index in [0.717, 1.165) is 96.3 Å². The third kappa shape index (κ3) is 40.8. The molecule has 11 nitrogen and oxygen atoms in total. The van der Waals surface area contributed by atoms with E-state index in [-0.39, 0.29) is 25.9 Å². The summed E-state index contributed by atoms with van der Waals surface area (Å²) in [6.07, 6.45) is 41.0. The first-order valence-corrected chi connectivity index (χ1v) is 25.0. The summed E-state index contributed by atoms with van der Waals surface area (Å²) in [7, 11) is -4.73. The van der Waals surface area contributed by atoms with Gasteiger partial charge in [-0.25, -0.2) is 4.57 Å². The van der Waals surface area contributed by atoms with Crippen molar-refractivity contribution in [2.75, 3.05) is 26.4 Å². The van der Waals surface area contributed by atoms with Gasteiger partial charge in [-0.2, -0.15) is 0 Å². The smallest absolute Gasteiger partial charge is 0.462 e. The third-order valence-electron chi connectivity index (χ3n) is 9.74. The van der Waals surface area contributed by atoms with Crippen molar-refractivity contribution in [3.8, 4) is 0 Å². The SMILES string of the molecule is CC/C=C\C/C=C\C/C=C\CCCCCC(=O)OCC(COP(=O)(O)OCC(CO)OC(=O)CCCCCCCCCCC)OC(=O)CCCCCCC/C=C\CCCC. The Bertz CT molecular complexity index is 1200. The second kappa shape index (κ2) is 43.1. The number of ether oxygens (including phenoxy) is 3. The lowest BCUT2D eigenvalue weighted by Gasteiger charge is -2.21. The number of carbonyl (C=O) groups excluding carboxylic acids is 3. The van der Waals surface area contributed by atoms with E-state index in [0.29, 0.717) is 19.3 Å². The highest BCUT2D eigenvalue weighted by Gasteiger charge is 2.28. The average Bonchev–Trinajstić information content (AvgIpc) is 3.23. The van der Waals surface area contributed by atoms with E-state index >= 15 is 0 Å². The molecule has 0 rings (SSSR count). The molecular formula is C48H85O11P. The number of rotatable bonds is 43. The summed E-state index contributed by atoms with van der Waals surface area (Å²) in [6.45, 7) is 4.39. The van der Waals surface area contributed by atoms with Gasteiger partial charge in [-0.3, -0.25) is 23.4 Å². The quantitative estimate of drug-likeness (QED) is 0.0198. The fourth-order valence-electron chi connectivity index (χ4n) is 6.11. The molecule has 0 saturated carbocycles. The second-order valence-corrected chi connectivity index (χ2v) is 17.0. The van der Waals surface area contributed by atoms with Crippen LogP contribution in [0, 0.1) is 0 Å². The van der Waals surface area contributed by atoms with E-state index in [1.54, 1.807) is 0 Å². The van der Waals surface area contributed by atoms with Gasteiger partial charge in [-0.15, -0.1) is 0 Å². The van der Waals surface area contributed by atoms with Gasteiger partial charge in [0.1, 0.15) is 12.7 Å². The van der Waals surface area contributed by atoms with Crippen LogP contribution in [0.2, 0.25) is 0 Å². The fourth-order valence-corrected chi connectivity index (χ4v) is 6.90. The minimum atomic E-state index is -4.73. The Balaban J connectivity index is 4.81. The van der Waals surface area contributed by atoms with Crippen molar-refractivity contribution < 1.29 is 52.2 Å². The number of allylic oxidation sites excluding steroid dienone is 8. The summed E-state index contributed by atoms with van der Waals surface area (Å²) in [5.41, 5.74) is 0. The number of hydrogen-bond donors (Lipinski definition) is 2. The second-order valence-electron chi connectivity index (χ2n) is 15.5. The lowest BCUT2D eigenvalue weighted by molar-refractivity contribution is -0.161. The molecule has 0 saturated heterocycles. The average molecular weight is 869 g/mol.